The molecule has 4 heteroatoms. The van der Waals surface area contributed by atoms with Crippen molar-refractivity contribution in [2.75, 3.05) is 11.9 Å². The van der Waals surface area contributed by atoms with Crippen LogP contribution < -0.4 is 5.32 Å². The van der Waals surface area contributed by atoms with Crippen molar-refractivity contribution in [3.8, 4) is 0 Å². The first-order chi connectivity index (χ1) is 9.79. The van der Waals surface area contributed by atoms with Gasteiger partial charge in [0.1, 0.15) is 5.82 Å². The molecule has 0 aliphatic heterocycles. The molecule has 2 N–H and O–H groups in total. The van der Waals surface area contributed by atoms with E-state index >= 15 is 0 Å². The molecule has 0 aliphatic rings. The predicted molar refractivity (Wildman–Crippen MR) is 85.8 cm³/mol. The van der Waals surface area contributed by atoms with Gasteiger partial charge in [0, 0.05) is 11.9 Å². The molecule has 1 unspecified atom stereocenters. The van der Waals surface area contributed by atoms with Crippen LogP contribution in [0.2, 0.25) is 0 Å². The SMILES string of the molecule is CC(CNc1cc(C(=O)O)c2ccccc2n1)C(C)(C)C. The molecule has 0 aliphatic carbocycles. The van der Waals surface area contributed by atoms with Crippen molar-refractivity contribution < 1.29 is 9.90 Å². The lowest BCUT2D eigenvalue weighted by molar-refractivity contribution is 0.0699. The van der Waals surface area contributed by atoms with Gasteiger partial charge in [-0.1, -0.05) is 45.9 Å². The van der Waals surface area contributed by atoms with Crippen molar-refractivity contribution in [1.82, 2.24) is 4.98 Å². The Balaban J connectivity index is 2.31. The molecule has 1 aromatic heterocycles. The minimum atomic E-state index is -0.930. The first kappa shape index (κ1) is 15.3. The summed E-state index contributed by atoms with van der Waals surface area (Å²) in [6.07, 6.45) is 0. The Morgan fingerprint density at radius 2 is 2.00 bits per heavy atom. The van der Waals surface area contributed by atoms with Gasteiger partial charge < -0.3 is 10.4 Å². The summed E-state index contributed by atoms with van der Waals surface area (Å²) in [4.78, 5) is 15.9. The van der Waals surface area contributed by atoms with E-state index in [2.05, 4.69) is 38.0 Å². The normalized spacial score (nSPS) is 13.1. The lowest BCUT2D eigenvalue weighted by Crippen LogP contribution is -2.25. The summed E-state index contributed by atoms with van der Waals surface area (Å²) in [7, 11) is 0. The molecule has 1 atom stereocenters. The molecule has 0 spiro atoms. The largest absolute Gasteiger partial charge is 0.478 e. The zero-order chi connectivity index (χ0) is 15.6. The number of hydrogen-bond acceptors (Lipinski definition) is 3. The van der Waals surface area contributed by atoms with Gasteiger partial charge in [0.25, 0.3) is 0 Å². The summed E-state index contributed by atoms with van der Waals surface area (Å²) in [6, 6.07) is 8.92. The van der Waals surface area contributed by atoms with Gasteiger partial charge in [0.15, 0.2) is 0 Å². The van der Waals surface area contributed by atoms with E-state index in [1.165, 1.54) is 0 Å². The van der Waals surface area contributed by atoms with Gasteiger partial charge in [0.2, 0.25) is 0 Å². The Hall–Kier alpha value is -2.10. The van der Waals surface area contributed by atoms with E-state index in [1.807, 2.05) is 18.2 Å². The maximum Gasteiger partial charge on any atom is 0.336 e. The lowest BCUT2D eigenvalue weighted by atomic mass is 9.82. The van der Waals surface area contributed by atoms with Gasteiger partial charge in [-0.15, -0.1) is 0 Å². The topological polar surface area (TPSA) is 62.2 Å². The number of benzene rings is 1. The molecule has 1 aromatic carbocycles. The van der Waals surface area contributed by atoms with E-state index in [-0.39, 0.29) is 11.0 Å². The van der Waals surface area contributed by atoms with Gasteiger partial charge in [-0.05, 0) is 23.5 Å². The number of aromatic nitrogens is 1. The molecule has 1 heterocycles. The maximum atomic E-state index is 11.4. The highest BCUT2D eigenvalue weighted by Gasteiger charge is 2.20. The monoisotopic (exact) mass is 286 g/mol. The maximum absolute atomic E-state index is 11.4. The van der Waals surface area contributed by atoms with Gasteiger partial charge in [-0.2, -0.15) is 0 Å². The molecule has 0 amide bonds. The number of para-hydroxylation sites is 1. The first-order valence-corrected chi connectivity index (χ1v) is 7.16. The highest BCUT2D eigenvalue weighted by molar-refractivity contribution is 6.03. The average molecular weight is 286 g/mol. The van der Waals surface area contributed by atoms with Crippen LogP contribution in [0, 0.1) is 11.3 Å². The van der Waals surface area contributed by atoms with Crippen LogP contribution in [0.15, 0.2) is 30.3 Å². The lowest BCUT2D eigenvalue weighted by Gasteiger charge is -2.27. The Morgan fingerprint density at radius 3 is 2.62 bits per heavy atom. The van der Waals surface area contributed by atoms with Crippen LogP contribution in [0.4, 0.5) is 5.82 Å². The van der Waals surface area contributed by atoms with E-state index in [1.54, 1.807) is 12.1 Å². The average Bonchev–Trinajstić information content (AvgIpc) is 2.42. The van der Waals surface area contributed by atoms with Crippen molar-refractivity contribution in [1.29, 1.82) is 0 Å². The molecular weight excluding hydrogens is 264 g/mol. The first-order valence-electron chi connectivity index (χ1n) is 7.16. The predicted octanol–water partition coefficient (Wildman–Crippen LogP) is 4.03. The van der Waals surface area contributed by atoms with E-state index < -0.39 is 5.97 Å². The molecule has 4 nitrogen and oxygen atoms in total. The number of carboxylic acids is 1. The van der Waals surface area contributed by atoms with Crippen molar-refractivity contribution in [3.05, 3.63) is 35.9 Å². The number of nitrogens with one attached hydrogen (secondary N) is 1. The van der Waals surface area contributed by atoms with E-state index in [4.69, 9.17) is 0 Å². The second kappa shape index (κ2) is 5.72. The van der Waals surface area contributed by atoms with Gasteiger partial charge in [-0.3, -0.25) is 0 Å². The molecule has 0 fully saturated rings. The third-order valence-corrected chi connectivity index (χ3v) is 4.01. The van der Waals surface area contributed by atoms with Gasteiger partial charge >= 0.3 is 5.97 Å². The summed E-state index contributed by atoms with van der Waals surface area (Å²) in [6.45, 7) is 9.50. The number of nitrogens with zero attached hydrogens (tertiary/aromatic N) is 1. The third kappa shape index (κ3) is 3.51. The van der Waals surface area contributed by atoms with Crippen LogP contribution in [-0.2, 0) is 0 Å². The number of anilines is 1. The molecular formula is C17H22N2O2. The smallest absolute Gasteiger partial charge is 0.336 e. The number of fused-ring (bicyclic) bond motifs is 1. The summed E-state index contributed by atoms with van der Waals surface area (Å²) < 4.78 is 0. The highest BCUT2D eigenvalue weighted by Crippen LogP contribution is 2.26. The molecule has 112 valence electrons. The Morgan fingerprint density at radius 1 is 1.33 bits per heavy atom. The quantitative estimate of drug-likeness (QED) is 0.891. The zero-order valence-corrected chi connectivity index (χ0v) is 13.0. The number of aromatic carboxylic acids is 1. The second-order valence-electron chi connectivity index (χ2n) is 6.53. The molecule has 0 bridgehead atoms. The molecule has 2 aromatic rings. The second-order valence-corrected chi connectivity index (χ2v) is 6.53. The van der Waals surface area contributed by atoms with Crippen LogP contribution in [0.5, 0.6) is 0 Å². The van der Waals surface area contributed by atoms with E-state index in [9.17, 15) is 9.90 Å². The Kier molecular flexibility index (Phi) is 4.16. The molecule has 2 rings (SSSR count). The highest BCUT2D eigenvalue weighted by atomic mass is 16.4. The third-order valence-electron chi connectivity index (χ3n) is 4.01. The minimum Gasteiger partial charge on any atom is -0.478 e. The van der Waals surface area contributed by atoms with Crippen molar-refractivity contribution in [2.24, 2.45) is 11.3 Å². The van der Waals surface area contributed by atoms with Gasteiger partial charge in [0.05, 0.1) is 11.1 Å². The summed E-state index contributed by atoms with van der Waals surface area (Å²) in [5.41, 5.74) is 1.18. The van der Waals surface area contributed by atoms with Crippen molar-refractivity contribution in [3.63, 3.8) is 0 Å². The summed E-state index contributed by atoms with van der Waals surface area (Å²) in [5.74, 6) is 0.127. The summed E-state index contributed by atoms with van der Waals surface area (Å²) >= 11 is 0. The number of hydrogen-bond donors (Lipinski definition) is 2. The van der Waals surface area contributed by atoms with Crippen LogP contribution >= 0.6 is 0 Å². The minimum absolute atomic E-state index is 0.194. The van der Waals surface area contributed by atoms with Gasteiger partial charge in [-0.25, -0.2) is 9.78 Å². The Labute approximate surface area is 125 Å². The zero-order valence-electron chi connectivity index (χ0n) is 13.0. The van der Waals surface area contributed by atoms with Crippen molar-refractivity contribution in [2.45, 2.75) is 27.7 Å². The van der Waals surface area contributed by atoms with Crippen LogP contribution in [0.25, 0.3) is 10.9 Å². The molecule has 0 saturated carbocycles. The number of carbonyl (C=O) groups is 1. The van der Waals surface area contributed by atoms with Crippen LogP contribution in [-0.4, -0.2) is 22.6 Å². The number of carboxylic acid groups (broad SMARTS) is 1. The molecule has 21 heavy (non-hydrogen) atoms. The fourth-order valence-corrected chi connectivity index (χ4v) is 2.01. The van der Waals surface area contributed by atoms with Crippen LogP contribution in [0.3, 0.4) is 0 Å². The fraction of sp³-hybridized carbons (Fsp3) is 0.412. The van der Waals surface area contributed by atoms with E-state index in [0.29, 0.717) is 22.6 Å². The molecule has 0 saturated heterocycles. The summed E-state index contributed by atoms with van der Waals surface area (Å²) in [5, 5.41) is 13.3. The molecule has 0 radical (unpaired) electrons. The number of pyridine rings is 1. The van der Waals surface area contributed by atoms with Crippen LogP contribution in [0.1, 0.15) is 38.1 Å². The number of rotatable bonds is 4. The van der Waals surface area contributed by atoms with E-state index in [0.717, 1.165) is 6.54 Å². The fourth-order valence-electron chi connectivity index (χ4n) is 2.01. The Bertz CT molecular complexity index is 659. The van der Waals surface area contributed by atoms with Crippen molar-refractivity contribution >= 4 is 22.7 Å². The standard InChI is InChI=1S/C17H22N2O2/c1-11(17(2,3)4)10-18-15-9-13(16(20)21)12-7-5-6-8-14(12)19-15/h5-9,11H,10H2,1-4H3,(H,18,19)(H,20,21).